The molecule has 0 radical (unpaired) electrons. The summed E-state index contributed by atoms with van der Waals surface area (Å²) in [6.45, 7) is 1.09. The van der Waals surface area contributed by atoms with Crippen molar-refractivity contribution in [3.8, 4) is 0 Å². The zero-order chi connectivity index (χ0) is 21.3. The molecule has 0 saturated carbocycles. The minimum Gasteiger partial charge on any atom is -0.372 e. The molecule has 3 aromatic carbocycles. The van der Waals surface area contributed by atoms with Crippen LogP contribution in [0.15, 0.2) is 78.9 Å². The van der Waals surface area contributed by atoms with Crippen molar-refractivity contribution in [1.82, 2.24) is 5.32 Å². The Kier molecular flexibility index (Phi) is 7.16. The second-order valence-corrected chi connectivity index (χ2v) is 6.88. The molecule has 0 atom stereocenters. The fourth-order valence-corrected chi connectivity index (χ4v) is 3.00. The zero-order valence-electron chi connectivity index (χ0n) is 16.8. The van der Waals surface area contributed by atoms with Crippen molar-refractivity contribution < 1.29 is 14.0 Å². The highest BCUT2D eigenvalue weighted by molar-refractivity contribution is 6.04. The molecule has 0 heterocycles. The SMILES string of the molecule is CN(CCCNC(=O)c1ccc(NC(=O)c2ccccc2)cc1)c1ccccc1F. The Labute approximate surface area is 175 Å². The van der Waals surface area contributed by atoms with E-state index < -0.39 is 0 Å². The quantitative estimate of drug-likeness (QED) is 0.548. The number of carbonyl (C=O) groups excluding carboxylic acids is 2. The molecule has 0 aromatic heterocycles. The summed E-state index contributed by atoms with van der Waals surface area (Å²) in [5.74, 6) is -0.653. The Bertz CT molecular complexity index is 991. The minimum absolute atomic E-state index is 0.190. The van der Waals surface area contributed by atoms with E-state index in [-0.39, 0.29) is 17.6 Å². The lowest BCUT2D eigenvalue weighted by molar-refractivity contribution is 0.0952. The van der Waals surface area contributed by atoms with E-state index in [1.807, 2.05) is 18.0 Å². The van der Waals surface area contributed by atoms with Crippen molar-refractivity contribution in [2.75, 3.05) is 30.4 Å². The van der Waals surface area contributed by atoms with Crippen LogP contribution in [0.25, 0.3) is 0 Å². The van der Waals surface area contributed by atoms with Gasteiger partial charge in [0.2, 0.25) is 0 Å². The second-order valence-electron chi connectivity index (χ2n) is 6.88. The molecule has 0 aliphatic rings. The minimum atomic E-state index is -0.261. The first-order valence-corrected chi connectivity index (χ1v) is 9.75. The number of amides is 2. The Balaban J connectivity index is 1.44. The highest BCUT2D eigenvalue weighted by Gasteiger charge is 2.09. The van der Waals surface area contributed by atoms with E-state index in [9.17, 15) is 14.0 Å². The van der Waals surface area contributed by atoms with Crippen LogP contribution in [0.3, 0.4) is 0 Å². The highest BCUT2D eigenvalue weighted by Crippen LogP contribution is 2.17. The molecule has 0 bridgehead atoms. The first-order valence-electron chi connectivity index (χ1n) is 9.75. The molecule has 0 unspecified atom stereocenters. The van der Waals surface area contributed by atoms with Gasteiger partial charge in [0.05, 0.1) is 5.69 Å². The summed E-state index contributed by atoms with van der Waals surface area (Å²) in [5.41, 5.74) is 2.23. The molecular weight excluding hydrogens is 381 g/mol. The van der Waals surface area contributed by atoms with Gasteiger partial charge in [0, 0.05) is 37.0 Å². The summed E-state index contributed by atoms with van der Waals surface area (Å²) in [7, 11) is 1.82. The average Bonchev–Trinajstić information content (AvgIpc) is 2.78. The van der Waals surface area contributed by atoms with Crippen molar-refractivity contribution in [3.05, 3.63) is 95.8 Å². The van der Waals surface area contributed by atoms with Crippen LogP contribution in [0.5, 0.6) is 0 Å². The molecule has 6 heteroatoms. The maximum Gasteiger partial charge on any atom is 0.255 e. The standard InChI is InChI=1S/C24H24FN3O2/c1-28(22-11-6-5-10-21(22)25)17-7-16-26-23(29)19-12-14-20(15-13-19)27-24(30)18-8-3-2-4-9-18/h2-6,8-15H,7,16-17H2,1H3,(H,26,29)(H,27,30). The van der Waals surface area contributed by atoms with Crippen molar-refractivity contribution in [3.63, 3.8) is 0 Å². The third-order valence-electron chi connectivity index (χ3n) is 4.66. The fraction of sp³-hybridized carbons (Fsp3) is 0.167. The average molecular weight is 405 g/mol. The summed E-state index contributed by atoms with van der Waals surface area (Å²) >= 11 is 0. The predicted molar refractivity (Wildman–Crippen MR) is 117 cm³/mol. The van der Waals surface area contributed by atoms with E-state index >= 15 is 0 Å². The van der Waals surface area contributed by atoms with Crippen molar-refractivity contribution >= 4 is 23.2 Å². The van der Waals surface area contributed by atoms with Gasteiger partial charge in [-0.25, -0.2) is 4.39 Å². The number of benzene rings is 3. The molecule has 2 amide bonds. The molecule has 0 fully saturated rings. The fourth-order valence-electron chi connectivity index (χ4n) is 3.00. The molecule has 0 aliphatic heterocycles. The number of rotatable bonds is 8. The topological polar surface area (TPSA) is 61.4 Å². The monoisotopic (exact) mass is 405 g/mol. The number of para-hydroxylation sites is 1. The molecule has 3 aromatic rings. The maximum absolute atomic E-state index is 13.8. The molecule has 0 aliphatic carbocycles. The third-order valence-corrected chi connectivity index (χ3v) is 4.66. The van der Waals surface area contributed by atoms with Crippen LogP contribution in [0, 0.1) is 5.82 Å². The highest BCUT2D eigenvalue weighted by atomic mass is 19.1. The summed E-state index contributed by atoms with van der Waals surface area (Å²) in [4.78, 5) is 26.3. The number of nitrogens with one attached hydrogen (secondary N) is 2. The van der Waals surface area contributed by atoms with Crippen LogP contribution >= 0.6 is 0 Å². The van der Waals surface area contributed by atoms with Gasteiger partial charge in [-0.15, -0.1) is 0 Å². The van der Waals surface area contributed by atoms with Crippen molar-refractivity contribution in [1.29, 1.82) is 0 Å². The van der Waals surface area contributed by atoms with Crippen molar-refractivity contribution in [2.45, 2.75) is 6.42 Å². The first kappa shape index (κ1) is 21.0. The van der Waals surface area contributed by atoms with E-state index in [4.69, 9.17) is 0 Å². The summed E-state index contributed by atoms with van der Waals surface area (Å²) < 4.78 is 13.8. The summed E-state index contributed by atoms with van der Waals surface area (Å²) in [6.07, 6.45) is 0.682. The van der Waals surface area contributed by atoms with E-state index in [1.54, 1.807) is 66.7 Å². The van der Waals surface area contributed by atoms with Gasteiger partial charge >= 0.3 is 0 Å². The van der Waals surface area contributed by atoms with Crippen LogP contribution < -0.4 is 15.5 Å². The van der Waals surface area contributed by atoms with Crippen LogP contribution in [-0.2, 0) is 0 Å². The van der Waals surface area contributed by atoms with Crippen LogP contribution in [0.4, 0.5) is 15.8 Å². The predicted octanol–water partition coefficient (Wildman–Crippen LogP) is 4.33. The Hall–Kier alpha value is -3.67. The molecule has 0 saturated heterocycles. The van der Waals surface area contributed by atoms with E-state index in [2.05, 4.69) is 10.6 Å². The van der Waals surface area contributed by atoms with E-state index in [1.165, 1.54) is 6.07 Å². The second kappa shape index (κ2) is 10.2. The van der Waals surface area contributed by atoms with Gasteiger partial charge in [-0.1, -0.05) is 30.3 Å². The lowest BCUT2D eigenvalue weighted by atomic mass is 10.1. The van der Waals surface area contributed by atoms with Gasteiger partial charge in [0.15, 0.2) is 0 Å². The van der Waals surface area contributed by atoms with Crippen LogP contribution in [0.1, 0.15) is 27.1 Å². The number of halogens is 1. The molecule has 154 valence electrons. The van der Waals surface area contributed by atoms with E-state index in [0.717, 1.165) is 0 Å². The third kappa shape index (κ3) is 5.67. The van der Waals surface area contributed by atoms with Gasteiger partial charge in [0.25, 0.3) is 11.8 Å². The lowest BCUT2D eigenvalue weighted by Gasteiger charge is -2.19. The Morgan fingerprint density at radius 2 is 1.47 bits per heavy atom. The number of anilines is 2. The summed E-state index contributed by atoms with van der Waals surface area (Å²) in [5, 5.41) is 5.66. The molecule has 3 rings (SSSR count). The van der Waals surface area contributed by atoms with Gasteiger partial charge < -0.3 is 15.5 Å². The van der Waals surface area contributed by atoms with Gasteiger partial charge in [-0.2, -0.15) is 0 Å². The Morgan fingerprint density at radius 1 is 0.833 bits per heavy atom. The lowest BCUT2D eigenvalue weighted by Crippen LogP contribution is -2.28. The maximum atomic E-state index is 13.8. The largest absolute Gasteiger partial charge is 0.372 e. The van der Waals surface area contributed by atoms with Gasteiger partial charge in [-0.3, -0.25) is 9.59 Å². The molecular formula is C24H24FN3O2. The number of hydrogen-bond donors (Lipinski definition) is 2. The zero-order valence-corrected chi connectivity index (χ0v) is 16.8. The normalized spacial score (nSPS) is 10.3. The van der Waals surface area contributed by atoms with Crippen LogP contribution in [-0.4, -0.2) is 32.0 Å². The Morgan fingerprint density at radius 3 is 2.17 bits per heavy atom. The summed E-state index contributed by atoms with van der Waals surface area (Å²) in [6, 6.07) is 22.3. The van der Waals surface area contributed by atoms with Crippen molar-refractivity contribution in [2.24, 2.45) is 0 Å². The van der Waals surface area contributed by atoms with Crippen LogP contribution in [0.2, 0.25) is 0 Å². The molecule has 30 heavy (non-hydrogen) atoms. The van der Waals surface area contributed by atoms with E-state index in [0.29, 0.717) is 42.0 Å². The smallest absolute Gasteiger partial charge is 0.255 e. The number of hydrogen-bond acceptors (Lipinski definition) is 3. The first-order chi connectivity index (χ1) is 14.5. The molecule has 0 spiro atoms. The van der Waals surface area contributed by atoms with Gasteiger partial charge in [0.1, 0.15) is 5.82 Å². The number of nitrogens with zero attached hydrogens (tertiary/aromatic N) is 1. The number of carbonyl (C=O) groups is 2. The van der Waals surface area contributed by atoms with Gasteiger partial charge in [-0.05, 0) is 55.0 Å². The molecule has 2 N–H and O–H groups in total. The molecule has 5 nitrogen and oxygen atoms in total.